The highest BCUT2D eigenvalue weighted by atomic mass is 32.2. The normalized spacial score (nSPS) is 25.2. The Morgan fingerprint density at radius 2 is 2.19 bits per heavy atom. The van der Waals surface area contributed by atoms with Crippen LogP contribution in [0.25, 0.3) is 5.65 Å². The Hall–Kier alpha value is -1.57. The molecule has 0 bridgehead atoms. The molecular weight excluding hydrogens is 362 g/mol. The summed E-state index contributed by atoms with van der Waals surface area (Å²) >= 11 is 1.98. The summed E-state index contributed by atoms with van der Waals surface area (Å²) in [5, 5.41) is 0. The summed E-state index contributed by atoms with van der Waals surface area (Å²) in [7, 11) is 0. The fourth-order valence-corrected chi connectivity index (χ4v) is 5.91. The van der Waals surface area contributed by atoms with Gasteiger partial charge in [0, 0.05) is 44.9 Å². The lowest BCUT2D eigenvalue weighted by Crippen LogP contribution is -2.60. The van der Waals surface area contributed by atoms with Gasteiger partial charge in [0.25, 0.3) is 5.91 Å². The van der Waals surface area contributed by atoms with Crippen LogP contribution in [0.3, 0.4) is 0 Å². The van der Waals surface area contributed by atoms with E-state index in [1.54, 1.807) is 6.20 Å². The number of hydrogen-bond acceptors (Lipinski definition) is 5. The number of aromatic nitrogens is 2. The lowest BCUT2D eigenvalue weighted by molar-refractivity contribution is -0.0119. The zero-order valence-electron chi connectivity index (χ0n) is 15.4. The molecule has 0 aliphatic carbocycles. The maximum atomic E-state index is 12.9. The minimum absolute atomic E-state index is 0.0755. The van der Waals surface area contributed by atoms with Crippen molar-refractivity contribution < 1.29 is 14.3 Å². The predicted octanol–water partition coefficient (Wildman–Crippen LogP) is 2.48. The van der Waals surface area contributed by atoms with E-state index in [4.69, 9.17) is 9.47 Å². The number of imidazole rings is 1. The first-order valence-corrected chi connectivity index (χ1v) is 10.8. The molecule has 1 unspecified atom stereocenters. The average Bonchev–Trinajstić information content (AvgIpc) is 3.30. The van der Waals surface area contributed by atoms with Gasteiger partial charge in [0.05, 0.1) is 17.0 Å². The molecule has 0 saturated carbocycles. The van der Waals surface area contributed by atoms with Gasteiger partial charge < -0.3 is 14.4 Å². The highest BCUT2D eigenvalue weighted by molar-refractivity contribution is 8.01. The van der Waals surface area contributed by atoms with Crippen molar-refractivity contribution in [3.8, 4) is 0 Å². The molecule has 6 nitrogen and oxygen atoms in total. The first-order chi connectivity index (χ1) is 13.2. The number of hydrogen-bond donors (Lipinski definition) is 0. The molecule has 7 heteroatoms. The molecule has 1 atom stereocenters. The predicted molar refractivity (Wildman–Crippen MR) is 104 cm³/mol. The Balaban J connectivity index is 1.15. The molecule has 0 N–H and O–H groups in total. The highest BCUT2D eigenvalue weighted by Gasteiger charge is 2.51. The average molecular weight is 388 g/mol. The third-order valence-corrected chi connectivity index (χ3v) is 7.54. The van der Waals surface area contributed by atoms with E-state index < -0.39 is 0 Å². The fraction of sp³-hybridized carbons (Fsp3) is 0.600. The number of pyridine rings is 1. The number of carbonyl (C=O) groups is 1. The Bertz CT molecular complexity index is 827. The second-order valence-corrected chi connectivity index (χ2v) is 9.43. The molecule has 0 aromatic carbocycles. The van der Waals surface area contributed by atoms with E-state index in [1.807, 2.05) is 45.5 Å². The van der Waals surface area contributed by atoms with Crippen LogP contribution >= 0.6 is 11.8 Å². The maximum absolute atomic E-state index is 12.9. The van der Waals surface area contributed by atoms with Crippen molar-refractivity contribution in [1.29, 1.82) is 0 Å². The summed E-state index contributed by atoms with van der Waals surface area (Å²) in [6, 6.07) is 5.78. The highest BCUT2D eigenvalue weighted by Crippen LogP contribution is 2.46. The van der Waals surface area contributed by atoms with Gasteiger partial charge in [-0.15, -0.1) is 11.8 Å². The van der Waals surface area contributed by atoms with Crippen molar-refractivity contribution >= 4 is 23.3 Å². The smallest absolute Gasteiger partial charge is 0.272 e. The van der Waals surface area contributed by atoms with Crippen molar-refractivity contribution in [3.05, 3.63) is 36.3 Å². The maximum Gasteiger partial charge on any atom is 0.272 e. The summed E-state index contributed by atoms with van der Waals surface area (Å²) in [4.78, 5) is 19.1. The SMILES string of the molecule is O=C(c1cnc2ccccn12)N1CC2(CC(OCC3CCOCC3)CS2)C1. The van der Waals surface area contributed by atoms with Crippen LogP contribution in [0, 0.1) is 5.92 Å². The van der Waals surface area contributed by atoms with E-state index in [9.17, 15) is 4.79 Å². The van der Waals surface area contributed by atoms with Crippen LogP contribution in [0.2, 0.25) is 0 Å². The molecular formula is C20H25N3O3S. The van der Waals surface area contributed by atoms with Crippen molar-refractivity contribution in [2.75, 3.05) is 38.7 Å². The number of rotatable bonds is 4. The molecule has 3 aliphatic rings. The second kappa shape index (κ2) is 7.11. The fourth-order valence-electron chi connectivity index (χ4n) is 4.36. The number of carbonyl (C=O) groups excluding carboxylic acids is 1. The molecule has 2 aromatic heterocycles. The Morgan fingerprint density at radius 1 is 1.33 bits per heavy atom. The number of nitrogens with zero attached hydrogens (tertiary/aromatic N) is 3. The van der Waals surface area contributed by atoms with Gasteiger partial charge in [-0.3, -0.25) is 9.20 Å². The first kappa shape index (κ1) is 17.5. The van der Waals surface area contributed by atoms with Gasteiger partial charge in [0.1, 0.15) is 11.3 Å². The number of ether oxygens (including phenoxy) is 2. The zero-order valence-corrected chi connectivity index (χ0v) is 16.2. The van der Waals surface area contributed by atoms with Crippen LogP contribution in [0.4, 0.5) is 0 Å². The van der Waals surface area contributed by atoms with Gasteiger partial charge in [-0.2, -0.15) is 0 Å². The number of thioether (sulfide) groups is 1. The Morgan fingerprint density at radius 3 is 3.04 bits per heavy atom. The third-order valence-electron chi connectivity index (χ3n) is 5.96. The monoisotopic (exact) mass is 387 g/mol. The second-order valence-electron chi connectivity index (χ2n) is 7.94. The van der Waals surface area contributed by atoms with Gasteiger partial charge in [0.2, 0.25) is 0 Å². The van der Waals surface area contributed by atoms with E-state index in [1.165, 1.54) is 0 Å². The standard InChI is InChI=1S/C20H25N3O3S/c24-19(17-10-21-18-3-1-2-6-23(17)18)22-13-20(14-22)9-16(12-27-20)26-11-15-4-7-25-8-5-15/h1-3,6,10,15-16H,4-5,7-9,11-14H2. The molecule has 1 amide bonds. The summed E-state index contributed by atoms with van der Waals surface area (Å²) in [6.45, 7) is 4.23. The lowest BCUT2D eigenvalue weighted by Gasteiger charge is -2.47. The number of amides is 1. The van der Waals surface area contributed by atoms with Crippen molar-refractivity contribution in [2.24, 2.45) is 5.92 Å². The van der Waals surface area contributed by atoms with Crippen molar-refractivity contribution in [1.82, 2.24) is 14.3 Å². The molecule has 2 aromatic rings. The summed E-state index contributed by atoms with van der Waals surface area (Å²) in [5.41, 5.74) is 1.46. The van der Waals surface area contributed by atoms with Crippen molar-refractivity contribution in [2.45, 2.75) is 30.1 Å². The summed E-state index contributed by atoms with van der Waals surface area (Å²) < 4.78 is 13.7. The molecule has 5 heterocycles. The van der Waals surface area contributed by atoms with Crippen LogP contribution in [-0.4, -0.2) is 69.7 Å². The van der Waals surface area contributed by atoms with Gasteiger partial charge in [-0.05, 0) is 37.3 Å². The van der Waals surface area contributed by atoms with E-state index in [2.05, 4.69) is 4.98 Å². The van der Waals surface area contributed by atoms with Crippen LogP contribution in [0.1, 0.15) is 29.8 Å². The van der Waals surface area contributed by atoms with Crippen LogP contribution in [-0.2, 0) is 9.47 Å². The zero-order chi connectivity index (χ0) is 18.3. The summed E-state index contributed by atoms with van der Waals surface area (Å²) in [6.07, 6.45) is 7.20. The van der Waals surface area contributed by atoms with Gasteiger partial charge in [-0.25, -0.2) is 4.98 Å². The van der Waals surface area contributed by atoms with Crippen LogP contribution in [0.15, 0.2) is 30.6 Å². The molecule has 1 spiro atoms. The minimum atomic E-state index is 0.0755. The van der Waals surface area contributed by atoms with E-state index in [0.717, 1.165) is 63.6 Å². The van der Waals surface area contributed by atoms with Crippen LogP contribution < -0.4 is 0 Å². The molecule has 5 rings (SSSR count). The van der Waals surface area contributed by atoms with Crippen molar-refractivity contribution in [3.63, 3.8) is 0 Å². The van der Waals surface area contributed by atoms with Gasteiger partial charge in [-0.1, -0.05) is 6.07 Å². The van der Waals surface area contributed by atoms with E-state index >= 15 is 0 Å². The molecule has 27 heavy (non-hydrogen) atoms. The molecule has 144 valence electrons. The molecule has 3 saturated heterocycles. The van der Waals surface area contributed by atoms with Gasteiger partial charge >= 0.3 is 0 Å². The third kappa shape index (κ3) is 3.37. The Kier molecular flexibility index (Phi) is 4.61. The first-order valence-electron chi connectivity index (χ1n) is 9.77. The van der Waals surface area contributed by atoms with E-state index in [-0.39, 0.29) is 10.7 Å². The van der Waals surface area contributed by atoms with E-state index in [0.29, 0.717) is 17.7 Å². The molecule has 3 fully saturated rings. The minimum Gasteiger partial charge on any atom is -0.381 e. The molecule has 0 radical (unpaired) electrons. The molecule has 3 aliphatic heterocycles. The number of fused-ring (bicyclic) bond motifs is 1. The van der Waals surface area contributed by atoms with Crippen LogP contribution in [0.5, 0.6) is 0 Å². The summed E-state index contributed by atoms with van der Waals surface area (Å²) in [5.74, 6) is 1.77. The topological polar surface area (TPSA) is 56.1 Å². The lowest BCUT2D eigenvalue weighted by atomic mass is 9.92. The quantitative estimate of drug-likeness (QED) is 0.807. The Labute approximate surface area is 163 Å². The largest absolute Gasteiger partial charge is 0.381 e. The number of likely N-dealkylation sites (tertiary alicyclic amines) is 1. The van der Waals surface area contributed by atoms with Gasteiger partial charge in [0.15, 0.2) is 0 Å².